The zero-order chi connectivity index (χ0) is 13.9. The lowest BCUT2D eigenvalue weighted by molar-refractivity contribution is 0.480. The molecule has 0 aromatic heterocycles. The fraction of sp³-hybridized carbons (Fsp3) is 0.600. The molecule has 2 atom stereocenters. The van der Waals surface area contributed by atoms with Crippen molar-refractivity contribution in [3.63, 3.8) is 0 Å². The summed E-state index contributed by atoms with van der Waals surface area (Å²) >= 11 is 0. The molecule has 106 valence electrons. The van der Waals surface area contributed by atoms with Crippen molar-refractivity contribution in [1.29, 1.82) is 0 Å². The Hall–Kier alpha value is -0.870. The van der Waals surface area contributed by atoms with Crippen molar-refractivity contribution in [2.24, 2.45) is 0 Å². The lowest BCUT2D eigenvalue weighted by atomic mass is 10.1. The van der Waals surface area contributed by atoms with Gasteiger partial charge in [0.05, 0.1) is 10.1 Å². The number of aryl methyl sites for hydroxylation is 1. The van der Waals surface area contributed by atoms with Gasteiger partial charge in [-0.1, -0.05) is 37.5 Å². The second kappa shape index (κ2) is 6.06. The Kier molecular flexibility index (Phi) is 4.63. The minimum Gasteiger partial charge on any atom is -0.316 e. The first kappa shape index (κ1) is 14.5. The van der Waals surface area contributed by atoms with E-state index in [9.17, 15) is 8.42 Å². The number of rotatable bonds is 3. The third-order valence-corrected chi connectivity index (χ3v) is 6.55. The van der Waals surface area contributed by atoms with Crippen LogP contribution in [-0.4, -0.2) is 26.8 Å². The lowest BCUT2D eigenvalue weighted by Crippen LogP contribution is -2.42. The largest absolute Gasteiger partial charge is 0.316 e. The van der Waals surface area contributed by atoms with Crippen molar-refractivity contribution in [2.45, 2.75) is 55.2 Å². The third kappa shape index (κ3) is 3.00. The van der Waals surface area contributed by atoms with Gasteiger partial charge in [-0.3, -0.25) is 0 Å². The Labute approximate surface area is 116 Å². The maximum Gasteiger partial charge on any atom is 0.183 e. The number of nitrogens with one attached hydrogen (secondary N) is 1. The van der Waals surface area contributed by atoms with Crippen molar-refractivity contribution in [2.75, 3.05) is 7.05 Å². The topological polar surface area (TPSA) is 46.2 Å². The van der Waals surface area contributed by atoms with E-state index in [1.165, 1.54) is 0 Å². The van der Waals surface area contributed by atoms with Crippen molar-refractivity contribution in [3.8, 4) is 0 Å². The second-order valence-corrected chi connectivity index (χ2v) is 7.52. The molecule has 1 aliphatic rings. The average molecular weight is 281 g/mol. The minimum absolute atomic E-state index is 0.0760. The maximum atomic E-state index is 12.9. The van der Waals surface area contributed by atoms with Crippen LogP contribution in [0.5, 0.6) is 0 Å². The van der Waals surface area contributed by atoms with Crippen LogP contribution < -0.4 is 5.32 Å². The molecule has 0 saturated heterocycles. The predicted octanol–water partition coefficient (Wildman–Crippen LogP) is 2.69. The van der Waals surface area contributed by atoms with E-state index >= 15 is 0 Å². The highest BCUT2D eigenvalue weighted by Gasteiger charge is 2.35. The number of benzene rings is 1. The van der Waals surface area contributed by atoms with E-state index in [0.29, 0.717) is 4.90 Å². The van der Waals surface area contributed by atoms with E-state index < -0.39 is 9.84 Å². The van der Waals surface area contributed by atoms with E-state index in [1.807, 2.05) is 32.2 Å². The van der Waals surface area contributed by atoms with Crippen LogP contribution in [0.1, 0.15) is 37.7 Å². The fourth-order valence-corrected chi connectivity index (χ4v) is 5.31. The first-order chi connectivity index (χ1) is 9.07. The molecule has 3 nitrogen and oxygen atoms in total. The van der Waals surface area contributed by atoms with Crippen molar-refractivity contribution < 1.29 is 8.42 Å². The Bertz CT molecular complexity index is 525. The average Bonchev–Trinajstić information content (AvgIpc) is 2.64. The first-order valence-electron chi connectivity index (χ1n) is 7.04. The monoisotopic (exact) mass is 281 g/mol. The summed E-state index contributed by atoms with van der Waals surface area (Å²) in [5.41, 5.74) is 0.849. The van der Waals surface area contributed by atoms with Crippen molar-refractivity contribution in [1.82, 2.24) is 5.32 Å². The Morgan fingerprint density at radius 2 is 1.79 bits per heavy atom. The van der Waals surface area contributed by atoms with Gasteiger partial charge in [-0.05, 0) is 38.4 Å². The smallest absolute Gasteiger partial charge is 0.183 e. The summed E-state index contributed by atoms with van der Waals surface area (Å²) in [6.45, 7) is 1.87. The summed E-state index contributed by atoms with van der Waals surface area (Å²) in [4.78, 5) is 0.502. The van der Waals surface area contributed by atoms with Gasteiger partial charge in [-0.15, -0.1) is 0 Å². The zero-order valence-electron chi connectivity index (χ0n) is 11.7. The standard InChI is InChI=1S/C15H23NO2S/c1-12-8-6-7-10-14(12)19(17,18)15-11-5-3-4-9-13(15)16-2/h6-8,10,13,15-16H,3-5,9,11H2,1-2H3. The van der Waals surface area contributed by atoms with Gasteiger partial charge in [-0.25, -0.2) is 8.42 Å². The molecule has 0 spiro atoms. The zero-order valence-corrected chi connectivity index (χ0v) is 12.5. The molecule has 4 heteroatoms. The lowest BCUT2D eigenvalue weighted by Gasteiger charge is -2.25. The molecular formula is C15H23NO2S. The number of hydrogen-bond donors (Lipinski definition) is 1. The number of sulfone groups is 1. The molecule has 0 heterocycles. The highest BCUT2D eigenvalue weighted by Crippen LogP contribution is 2.29. The molecule has 1 saturated carbocycles. The highest BCUT2D eigenvalue weighted by molar-refractivity contribution is 7.92. The molecule has 1 aromatic carbocycles. The van der Waals surface area contributed by atoms with Crippen LogP contribution in [0.2, 0.25) is 0 Å². The SMILES string of the molecule is CNC1CCCCCC1S(=O)(=O)c1ccccc1C. The summed E-state index contributed by atoms with van der Waals surface area (Å²) in [6.07, 6.45) is 4.98. The molecule has 0 bridgehead atoms. The third-order valence-electron chi connectivity index (χ3n) is 4.12. The van der Waals surface area contributed by atoms with Crippen molar-refractivity contribution >= 4 is 9.84 Å². The first-order valence-corrected chi connectivity index (χ1v) is 8.59. The quantitative estimate of drug-likeness (QED) is 0.867. The molecular weight excluding hydrogens is 258 g/mol. The molecule has 0 amide bonds. The summed E-state index contributed by atoms with van der Waals surface area (Å²) in [5.74, 6) is 0. The number of hydrogen-bond acceptors (Lipinski definition) is 3. The molecule has 1 aromatic rings. The molecule has 0 radical (unpaired) electrons. The highest BCUT2D eigenvalue weighted by atomic mass is 32.2. The van der Waals surface area contributed by atoms with Gasteiger partial charge in [0.2, 0.25) is 0 Å². The van der Waals surface area contributed by atoms with E-state index in [2.05, 4.69) is 5.32 Å². The van der Waals surface area contributed by atoms with Gasteiger partial charge < -0.3 is 5.32 Å². The molecule has 0 aliphatic heterocycles. The second-order valence-electron chi connectivity index (χ2n) is 5.38. The molecule has 1 fully saturated rings. The van der Waals surface area contributed by atoms with Gasteiger partial charge in [-0.2, -0.15) is 0 Å². The predicted molar refractivity (Wildman–Crippen MR) is 78.1 cm³/mol. The van der Waals surface area contributed by atoms with Crippen molar-refractivity contribution in [3.05, 3.63) is 29.8 Å². The Morgan fingerprint density at radius 1 is 1.11 bits per heavy atom. The van der Waals surface area contributed by atoms with Gasteiger partial charge in [0, 0.05) is 6.04 Å². The normalized spacial score (nSPS) is 24.9. The van der Waals surface area contributed by atoms with Gasteiger partial charge >= 0.3 is 0 Å². The molecule has 1 aliphatic carbocycles. The van der Waals surface area contributed by atoms with Crippen LogP contribution in [0.3, 0.4) is 0 Å². The molecule has 2 unspecified atom stereocenters. The van der Waals surface area contributed by atoms with E-state index in [-0.39, 0.29) is 11.3 Å². The van der Waals surface area contributed by atoms with Crippen LogP contribution in [-0.2, 0) is 9.84 Å². The van der Waals surface area contributed by atoms with Crippen LogP contribution in [0.25, 0.3) is 0 Å². The van der Waals surface area contributed by atoms with E-state index in [0.717, 1.165) is 37.7 Å². The van der Waals surface area contributed by atoms with Crippen LogP contribution in [0.4, 0.5) is 0 Å². The van der Waals surface area contributed by atoms with Gasteiger partial charge in [0.25, 0.3) is 0 Å². The van der Waals surface area contributed by atoms with Gasteiger partial charge in [0.1, 0.15) is 0 Å². The van der Waals surface area contributed by atoms with Crippen LogP contribution >= 0.6 is 0 Å². The summed E-state index contributed by atoms with van der Waals surface area (Å²) in [7, 11) is -1.37. The van der Waals surface area contributed by atoms with E-state index in [4.69, 9.17) is 0 Å². The molecule has 2 rings (SSSR count). The summed E-state index contributed by atoms with van der Waals surface area (Å²) < 4.78 is 25.8. The van der Waals surface area contributed by atoms with Gasteiger partial charge in [0.15, 0.2) is 9.84 Å². The maximum absolute atomic E-state index is 12.9. The van der Waals surface area contributed by atoms with Crippen LogP contribution in [0, 0.1) is 6.92 Å². The molecule has 1 N–H and O–H groups in total. The summed E-state index contributed by atoms with van der Waals surface area (Å²) in [5, 5.41) is 2.92. The Morgan fingerprint density at radius 3 is 2.47 bits per heavy atom. The summed E-state index contributed by atoms with van der Waals surface area (Å²) in [6, 6.07) is 7.38. The van der Waals surface area contributed by atoms with Crippen LogP contribution in [0.15, 0.2) is 29.2 Å². The minimum atomic E-state index is -3.24. The Balaban J connectivity index is 2.39. The van der Waals surface area contributed by atoms with E-state index in [1.54, 1.807) is 6.07 Å². The molecule has 19 heavy (non-hydrogen) atoms. The fourth-order valence-electron chi connectivity index (χ4n) is 3.01.